The van der Waals surface area contributed by atoms with Crippen molar-refractivity contribution in [2.24, 2.45) is 0 Å². The standard InChI is InChI=1S/C8H14N2OS/c1-2-3-4-9-5-7-6-12-8(11)10-7/h6,9H,2-5H2,1H3,(H,10,11). The Morgan fingerprint density at radius 2 is 2.50 bits per heavy atom. The van der Waals surface area contributed by atoms with Crippen molar-refractivity contribution in [1.29, 1.82) is 0 Å². The molecule has 12 heavy (non-hydrogen) atoms. The monoisotopic (exact) mass is 186 g/mol. The van der Waals surface area contributed by atoms with Crippen LogP contribution in [0.1, 0.15) is 25.5 Å². The van der Waals surface area contributed by atoms with Gasteiger partial charge < -0.3 is 10.3 Å². The normalized spacial score (nSPS) is 10.4. The van der Waals surface area contributed by atoms with Crippen molar-refractivity contribution in [3.63, 3.8) is 0 Å². The third-order valence-electron chi connectivity index (χ3n) is 1.59. The van der Waals surface area contributed by atoms with Crippen LogP contribution in [0.3, 0.4) is 0 Å². The largest absolute Gasteiger partial charge is 0.315 e. The molecule has 0 spiro atoms. The summed E-state index contributed by atoms with van der Waals surface area (Å²) in [5.41, 5.74) is 0.987. The van der Waals surface area contributed by atoms with Gasteiger partial charge in [0.25, 0.3) is 0 Å². The van der Waals surface area contributed by atoms with Crippen molar-refractivity contribution >= 4 is 11.3 Å². The van der Waals surface area contributed by atoms with Crippen LogP contribution in [-0.4, -0.2) is 11.5 Å². The lowest BCUT2D eigenvalue weighted by Gasteiger charge is -1.99. The first kappa shape index (κ1) is 9.48. The van der Waals surface area contributed by atoms with Crippen LogP contribution in [0.25, 0.3) is 0 Å². The van der Waals surface area contributed by atoms with Crippen molar-refractivity contribution in [3.8, 4) is 0 Å². The first-order chi connectivity index (χ1) is 5.83. The van der Waals surface area contributed by atoms with E-state index in [1.807, 2.05) is 5.38 Å². The second-order valence-corrected chi connectivity index (χ2v) is 3.55. The third-order valence-corrected chi connectivity index (χ3v) is 2.31. The number of unbranched alkanes of at least 4 members (excludes halogenated alkanes) is 1. The van der Waals surface area contributed by atoms with Crippen LogP contribution in [0.15, 0.2) is 10.2 Å². The van der Waals surface area contributed by atoms with Gasteiger partial charge in [0.2, 0.25) is 0 Å². The van der Waals surface area contributed by atoms with Gasteiger partial charge in [0.05, 0.1) is 0 Å². The molecule has 0 aliphatic heterocycles. The van der Waals surface area contributed by atoms with Crippen molar-refractivity contribution in [1.82, 2.24) is 10.3 Å². The maximum atomic E-state index is 10.7. The smallest absolute Gasteiger partial charge is 0.304 e. The zero-order valence-corrected chi connectivity index (χ0v) is 8.04. The summed E-state index contributed by atoms with van der Waals surface area (Å²) in [6.07, 6.45) is 2.39. The Morgan fingerprint density at radius 3 is 3.08 bits per heavy atom. The quantitative estimate of drug-likeness (QED) is 0.681. The predicted molar refractivity (Wildman–Crippen MR) is 51.6 cm³/mol. The number of thiazole rings is 1. The molecule has 0 fully saturated rings. The van der Waals surface area contributed by atoms with E-state index in [-0.39, 0.29) is 4.87 Å². The Kier molecular flexibility index (Phi) is 4.04. The van der Waals surface area contributed by atoms with Crippen LogP contribution in [0.5, 0.6) is 0 Å². The molecule has 0 unspecified atom stereocenters. The molecule has 1 heterocycles. The molecular weight excluding hydrogens is 172 g/mol. The van der Waals surface area contributed by atoms with E-state index in [4.69, 9.17) is 0 Å². The summed E-state index contributed by atoms with van der Waals surface area (Å²) in [7, 11) is 0. The number of aromatic amines is 1. The molecule has 68 valence electrons. The van der Waals surface area contributed by atoms with Crippen molar-refractivity contribution in [2.45, 2.75) is 26.3 Å². The number of aromatic nitrogens is 1. The van der Waals surface area contributed by atoms with Crippen LogP contribution in [0.2, 0.25) is 0 Å². The summed E-state index contributed by atoms with van der Waals surface area (Å²) in [4.78, 5) is 13.5. The summed E-state index contributed by atoms with van der Waals surface area (Å²) in [5, 5.41) is 5.11. The number of H-pyrrole nitrogens is 1. The van der Waals surface area contributed by atoms with E-state index in [1.54, 1.807) is 0 Å². The molecule has 0 aliphatic carbocycles. The second kappa shape index (κ2) is 5.11. The minimum Gasteiger partial charge on any atom is -0.315 e. The number of hydrogen-bond acceptors (Lipinski definition) is 3. The molecule has 1 aromatic rings. The summed E-state index contributed by atoms with van der Waals surface area (Å²) < 4.78 is 0. The van der Waals surface area contributed by atoms with E-state index in [0.717, 1.165) is 18.8 Å². The summed E-state index contributed by atoms with van der Waals surface area (Å²) in [6, 6.07) is 0. The van der Waals surface area contributed by atoms with Gasteiger partial charge in [-0.3, -0.25) is 4.79 Å². The molecule has 0 saturated carbocycles. The van der Waals surface area contributed by atoms with E-state index >= 15 is 0 Å². The van der Waals surface area contributed by atoms with E-state index in [0.29, 0.717) is 0 Å². The molecule has 3 nitrogen and oxygen atoms in total. The first-order valence-corrected chi connectivity index (χ1v) is 5.08. The van der Waals surface area contributed by atoms with Crippen LogP contribution >= 0.6 is 11.3 Å². The molecule has 0 saturated heterocycles. The molecule has 0 radical (unpaired) electrons. The van der Waals surface area contributed by atoms with E-state index in [1.165, 1.54) is 24.2 Å². The summed E-state index contributed by atoms with van der Waals surface area (Å²) in [6.45, 7) is 3.96. The Bertz CT molecular complexity index is 266. The van der Waals surface area contributed by atoms with Crippen LogP contribution in [0.4, 0.5) is 0 Å². The molecule has 4 heteroatoms. The Hall–Kier alpha value is -0.610. The van der Waals surface area contributed by atoms with Gasteiger partial charge in [-0.15, -0.1) is 0 Å². The zero-order valence-electron chi connectivity index (χ0n) is 7.22. The maximum Gasteiger partial charge on any atom is 0.304 e. The fraction of sp³-hybridized carbons (Fsp3) is 0.625. The van der Waals surface area contributed by atoms with Gasteiger partial charge in [-0.25, -0.2) is 0 Å². The lowest BCUT2D eigenvalue weighted by atomic mass is 10.3. The number of nitrogens with one attached hydrogen (secondary N) is 2. The molecule has 0 aliphatic rings. The Balaban J connectivity index is 2.20. The maximum absolute atomic E-state index is 10.7. The molecule has 0 bridgehead atoms. The summed E-state index contributed by atoms with van der Waals surface area (Å²) in [5.74, 6) is 0. The van der Waals surface area contributed by atoms with Gasteiger partial charge >= 0.3 is 4.87 Å². The highest BCUT2D eigenvalue weighted by atomic mass is 32.1. The molecule has 1 rings (SSSR count). The van der Waals surface area contributed by atoms with Gasteiger partial charge in [0.1, 0.15) is 0 Å². The van der Waals surface area contributed by atoms with Crippen LogP contribution in [0, 0.1) is 0 Å². The van der Waals surface area contributed by atoms with Gasteiger partial charge in [-0.1, -0.05) is 24.7 Å². The van der Waals surface area contributed by atoms with Gasteiger partial charge in [0, 0.05) is 17.6 Å². The molecule has 0 amide bonds. The lowest BCUT2D eigenvalue weighted by molar-refractivity contribution is 0.634. The molecule has 1 aromatic heterocycles. The Labute approximate surface area is 75.8 Å². The van der Waals surface area contributed by atoms with Crippen molar-refractivity contribution in [3.05, 3.63) is 20.7 Å². The molecule has 0 atom stereocenters. The lowest BCUT2D eigenvalue weighted by Crippen LogP contribution is -2.15. The molecular formula is C8H14N2OS. The predicted octanol–water partition coefficient (Wildman–Crippen LogP) is 1.33. The van der Waals surface area contributed by atoms with Gasteiger partial charge in [-0.05, 0) is 13.0 Å². The topological polar surface area (TPSA) is 44.9 Å². The Morgan fingerprint density at radius 1 is 1.67 bits per heavy atom. The van der Waals surface area contributed by atoms with E-state index in [9.17, 15) is 4.79 Å². The molecule has 2 N–H and O–H groups in total. The van der Waals surface area contributed by atoms with Crippen LogP contribution in [-0.2, 0) is 6.54 Å². The highest BCUT2D eigenvalue weighted by Crippen LogP contribution is 1.94. The minimum atomic E-state index is 0.0299. The molecule has 0 aromatic carbocycles. The van der Waals surface area contributed by atoms with Crippen molar-refractivity contribution in [2.75, 3.05) is 6.54 Å². The van der Waals surface area contributed by atoms with Crippen LogP contribution < -0.4 is 10.2 Å². The van der Waals surface area contributed by atoms with E-state index < -0.39 is 0 Å². The van der Waals surface area contributed by atoms with E-state index in [2.05, 4.69) is 17.2 Å². The number of rotatable bonds is 5. The highest BCUT2D eigenvalue weighted by molar-refractivity contribution is 7.07. The zero-order chi connectivity index (χ0) is 8.81. The summed E-state index contributed by atoms with van der Waals surface area (Å²) >= 11 is 1.22. The fourth-order valence-electron chi connectivity index (χ4n) is 0.925. The number of hydrogen-bond donors (Lipinski definition) is 2. The average Bonchev–Trinajstić information content (AvgIpc) is 2.45. The average molecular weight is 186 g/mol. The third kappa shape index (κ3) is 3.19. The second-order valence-electron chi connectivity index (χ2n) is 2.70. The highest BCUT2D eigenvalue weighted by Gasteiger charge is 1.94. The van der Waals surface area contributed by atoms with Gasteiger partial charge in [0.15, 0.2) is 0 Å². The fourth-order valence-corrected chi connectivity index (χ4v) is 1.51. The minimum absolute atomic E-state index is 0.0299. The van der Waals surface area contributed by atoms with Crippen molar-refractivity contribution < 1.29 is 0 Å². The SMILES string of the molecule is CCCCNCc1csc(=O)[nH]1. The first-order valence-electron chi connectivity index (χ1n) is 4.20. The van der Waals surface area contributed by atoms with Gasteiger partial charge in [-0.2, -0.15) is 0 Å².